The smallest absolute Gasteiger partial charge is 0.422 e. The number of hydrazine groups is 1. The largest absolute Gasteiger partial charge is 0.443 e. The maximum atomic E-state index is 11.4. The van der Waals surface area contributed by atoms with Gasteiger partial charge in [-0.25, -0.2) is 10.2 Å². The highest BCUT2D eigenvalue weighted by Gasteiger charge is 2.16. The van der Waals surface area contributed by atoms with Crippen LogP contribution in [0.5, 0.6) is 0 Å². The number of benzene rings is 1. The molecule has 0 aromatic heterocycles. The summed E-state index contributed by atoms with van der Waals surface area (Å²) in [5, 5.41) is 0. The maximum absolute atomic E-state index is 11.4. The zero-order chi connectivity index (χ0) is 13.8. The van der Waals surface area contributed by atoms with Crippen LogP contribution in [-0.2, 0) is 4.74 Å². The zero-order valence-corrected chi connectivity index (χ0v) is 12.7. The molecule has 0 saturated heterocycles. The lowest BCUT2D eigenvalue weighted by Gasteiger charge is -2.21. The minimum atomic E-state index is -0.493. The lowest BCUT2D eigenvalue weighted by molar-refractivity contribution is 0.0489. The van der Waals surface area contributed by atoms with Gasteiger partial charge in [-0.05, 0) is 45.4 Å². The first-order valence-electron chi connectivity index (χ1n) is 5.78. The Kier molecular flexibility index (Phi) is 5.16. The summed E-state index contributed by atoms with van der Waals surface area (Å²) in [7, 11) is 0. The van der Waals surface area contributed by atoms with Crippen LogP contribution in [0, 0.1) is 0 Å². The summed E-state index contributed by atoms with van der Waals surface area (Å²) in [5.41, 5.74) is 6.01. The van der Waals surface area contributed by atoms with E-state index in [1.807, 2.05) is 52.0 Å². The number of ether oxygens (including phenoxy) is 1. The number of hydrogen-bond acceptors (Lipinski definition) is 3. The summed E-state index contributed by atoms with van der Waals surface area (Å²) in [6.45, 7) is 7.43. The summed E-state index contributed by atoms with van der Waals surface area (Å²) in [5.74, 6) is 0. The van der Waals surface area contributed by atoms with Crippen LogP contribution in [0.4, 0.5) is 4.79 Å². The Morgan fingerprint density at radius 2 is 1.83 bits per heavy atom. The normalized spacial score (nSPS) is 12.9. The van der Waals surface area contributed by atoms with Gasteiger partial charge in [0.1, 0.15) is 5.60 Å². The van der Waals surface area contributed by atoms with Crippen LogP contribution >= 0.6 is 15.9 Å². The molecule has 1 rings (SSSR count). The molecule has 18 heavy (non-hydrogen) atoms. The van der Waals surface area contributed by atoms with E-state index in [0.717, 1.165) is 10.0 Å². The molecule has 1 aromatic rings. The number of halogens is 1. The average molecular weight is 315 g/mol. The Hall–Kier alpha value is -1.07. The molecule has 0 aliphatic heterocycles. The second-order valence-corrected chi connectivity index (χ2v) is 5.96. The highest BCUT2D eigenvalue weighted by atomic mass is 79.9. The SMILES string of the molecule is CC(NNC(=O)OC(C)(C)C)c1ccc(Br)cc1. The molecule has 1 aromatic carbocycles. The van der Waals surface area contributed by atoms with E-state index in [1.54, 1.807) is 0 Å². The van der Waals surface area contributed by atoms with Crippen LogP contribution in [0.3, 0.4) is 0 Å². The lowest BCUT2D eigenvalue weighted by atomic mass is 10.1. The van der Waals surface area contributed by atoms with Gasteiger partial charge in [0.05, 0.1) is 0 Å². The van der Waals surface area contributed by atoms with Crippen molar-refractivity contribution in [2.45, 2.75) is 39.3 Å². The number of nitrogens with one attached hydrogen (secondary N) is 2. The minimum absolute atomic E-state index is 0.00520. The molecule has 0 radical (unpaired) electrons. The average Bonchev–Trinajstić information content (AvgIpc) is 2.24. The summed E-state index contributed by atoms with van der Waals surface area (Å²) in [6, 6.07) is 7.89. The maximum Gasteiger partial charge on any atom is 0.422 e. The molecule has 1 amide bonds. The van der Waals surface area contributed by atoms with E-state index >= 15 is 0 Å². The van der Waals surface area contributed by atoms with Crippen LogP contribution in [0.15, 0.2) is 28.7 Å². The molecule has 0 fully saturated rings. The Bertz CT molecular complexity index is 398. The predicted molar refractivity (Wildman–Crippen MR) is 75.1 cm³/mol. The van der Waals surface area contributed by atoms with Gasteiger partial charge in [-0.2, -0.15) is 0 Å². The first kappa shape index (κ1) is 15.0. The fourth-order valence-electron chi connectivity index (χ4n) is 1.31. The molecule has 0 heterocycles. The van der Waals surface area contributed by atoms with E-state index in [2.05, 4.69) is 26.8 Å². The van der Waals surface area contributed by atoms with Gasteiger partial charge in [0.15, 0.2) is 0 Å². The molecule has 0 bridgehead atoms. The van der Waals surface area contributed by atoms with E-state index in [1.165, 1.54) is 0 Å². The number of rotatable bonds is 3. The number of carbonyl (C=O) groups excluding carboxylic acids is 1. The Labute approximate surface area is 116 Å². The Morgan fingerprint density at radius 3 is 2.33 bits per heavy atom. The van der Waals surface area contributed by atoms with Crippen molar-refractivity contribution in [3.8, 4) is 0 Å². The number of hydrogen-bond donors (Lipinski definition) is 2. The fourth-order valence-corrected chi connectivity index (χ4v) is 1.57. The summed E-state index contributed by atoms with van der Waals surface area (Å²) < 4.78 is 6.15. The molecule has 1 unspecified atom stereocenters. The van der Waals surface area contributed by atoms with Gasteiger partial charge < -0.3 is 4.74 Å². The van der Waals surface area contributed by atoms with E-state index in [4.69, 9.17) is 4.74 Å². The van der Waals surface area contributed by atoms with Crippen molar-refractivity contribution in [1.29, 1.82) is 0 Å². The highest BCUT2D eigenvalue weighted by Crippen LogP contribution is 2.16. The molecular formula is C13H19BrN2O2. The molecule has 5 heteroatoms. The second-order valence-electron chi connectivity index (χ2n) is 5.04. The van der Waals surface area contributed by atoms with Crippen molar-refractivity contribution in [2.75, 3.05) is 0 Å². The van der Waals surface area contributed by atoms with Gasteiger partial charge in [0.2, 0.25) is 0 Å². The zero-order valence-electron chi connectivity index (χ0n) is 11.1. The van der Waals surface area contributed by atoms with Crippen molar-refractivity contribution >= 4 is 22.0 Å². The highest BCUT2D eigenvalue weighted by molar-refractivity contribution is 9.10. The predicted octanol–water partition coefficient (Wildman–Crippen LogP) is 3.54. The van der Waals surface area contributed by atoms with Gasteiger partial charge in [-0.15, -0.1) is 0 Å². The van der Waals surface area contributed by atoms with Gasteiger partial charge in [0, 0.05) is 10.5 Å². The van der Waals surface area contributed by atoms with E-state index in [-0.39, 0.29) is 6.04 Å². The van der Waals surface area contributed by atoms with E-state index < -0.39 is 11.7 Å². The third kappa shape index (κ3) is 5.51. The van der Waals surface area contributed by atoms with Gasteiger partial charge in [0.25, 0.3) is 0 Å². The van der Waals surface area contributed by atoms with Crippen molar-refractivity contribution < 1.29 is 9.53 Å². The van der Waals surface area contributed by atoms with Crippen LogP contribution in [0.25, 0.3) is 0 Å². The van der Waals surface area contributed by atoms with Crippen LogP contribution < -0.4 is 10.9 Å². The number of amides is 1. The summed E-state index contributed by atoms with van der Waals surface area (Å²) >= 11 is 3.38. The second kappa shape index (κ2) is 6.20. The van der Waals surface area contributed by atoms with Crippen LogP contribution in [0.1, 0.15) is 39.3 Å². The van der Waals surface area contributed by atoms with Crippen LogP contribution in [0.2, 0.25) is 0 Å². The topological polar surface area (TPSA) is 50.4 Å². The monoisotopic (exact) mass is 314 g/mol. The fraction of sp³-hybridized carbons (Fsp3) is 0.462. The summed E-state index contributed by atoms with van der Waals surface area (Å²) in [6.07, 6.45) is -0.480. The van der Waals surface area contributed by atoms with E-state index in [9.17, 15) is 4.79 Å². The van der Waals surface area contributed by atoms with Crippen molar-refractivity contribution in [2.24, 2.45) is 0 Å². The molecular weight excluding hydrogens is 296 g/mol. The first-order chi connectivity index (χ1) is 8.28. The van der Waals surface area contributed by atoms with Crippen molar-refractivity contribution in [1.82, 2.24) is 10.9 Å². The minimum Gasteiger partial charge on any atom is -0.443 e. The van der Waals surface area contributed by atoms with Crippen molar-refractivity contribution in [3.05, 3.63) is 34.3 Å². The molecule has 0 aliphatic carbocycles. The molecule has 2 N–H and O–H groups in total. The van der Waals surface area contributed by atoms with Gasteiger partial charge >= 0.3 is 6.09 Å². The third-order valence-corrected chi connectivity index (χ3v) is 2.69. The molecule has 4 nitrogen and oxygen atoms in total. The van der Waals surface area contributed by atoms with Gasteiger partial charge in [-0.1, -0.05) is 28.1 Å². The standard InChI is InChI=1S/C13H19BrN2O2/c1-9(10-5-7-11(14)8-6-10)15-16-12(17)18-13(2,3)4/h5-9,15H,1-4H3,(H,16,17). The lowest BCUT2D eigenvalue weighted by Crippen LogP contribution is -2.42. The molecule has 100 valence electrons. The molecule has 1 atom stereocenters. The Morgan fingerprint density at radius 1 is 1.28 bits per heavy atom. The first-order valence-corrected chi connectivity index (χ1v) is 6.57. The van der Waals surface area contributed by atoms with Gasteiger partial charge in [-0.3, -0.25) is 5.43 Å². The van der Waals surface area contributed by atoms with Crippen molar-refractivity contribution in [3.63, 3.8) is 0 Å². The summed E-state index contributed by atoms with van der Waals surface area (Å²) in [4.78, 5) is 11.4. The van der Waals surface area contributed by atoms with E-state index in [0.29, 0.717) is 0 Å². The van der Waals surface area contributed by atoms with Crippen LogP contribution in [-0.4, -0.2) is 11.7 Å². The molecule has 0 saturated carbocycles. The molecule has 0 aliphatic rings. The Balaban J connectivity index is 2.44. The quantitative estimate of drug-likeness (QED) is 0.839. The molecule has 0 spiro atoms. The third-order valence-electron chi connectivity index (χ3n) is 2.16. The number of carbonyl (C=O) groups is 1.